The minimum atomic E-state index is -0.245. The maximum absolute atomic E-state index is 12.8. The fourth-order valence-electron chi connectivity index (χ4n) is 1.74. The van der Waals surface area contributed by atoms with Crippen LogP contribution in [0.1, 0.15) is 15.2 Å². The Labute approximate surface area is 124 Å². The Bertz CT molecular complexity index is 567. The second kappa shape index (κ2) is 6.41. The van der Waals surface area contributed by atoms with Crippen LogP contribution in [0, 0.1) is 5.82 Å². The SMILES string of the molecule is CN(CC(=O)c1ccc(Br)s1)Cc1ccc(F)cc1. The molecule has 0 saturated carbocycles. The molecule has 1 heterocycles. The maximum Gasteiger partial charge on any atom is 0.186 e. The number of hydrogen-bond donors (Lipinski definition) is 0. The fraction of sp³-hybridized carbons (Fsp3) is 0.214. The zero-order chi connectivity index (χ0) is 13.8. The molecule has 5 heteroatoms. The minimum Gasteiger partial charge on any atom is -0.295 e. The number of hydrogen-bond acceptors (Lipinski definition) is 3. The molecule has 1 aromatic heterocycles. The number of likely N-dealkylation sites (N-methyl/N-ethyl adjacent to an activating group) is 1. The number of ketones is 1. The lowest BCUT2D eigenvalue weighted by molar-refractivity contribution is 0.0947. The number of carbonyl (C=O) groups is 1. The fourth-order valence-corrected chi connectivity index (χ4v) is 3.06. The molecular formula is C14H13BrFNOS. The summed E-state index contributed by atoms with van der Waals surface area (Å²) in [5.74, 6) is -0.147. The van der Waals surface area contributed by atoms with Gasteiger partial charge in [-0.15, -0.1) is 11.3 Å². The smallest absolute Gasteiger partial charge is 0.186 e. The van der Waals surface area contributed by atoms with Crippen LogP contribution in [-0.4, -0.2) is 24.3 Å². The molecule has 0 radical (unpaired) electrons. The molecule has 2 rings (SSSR count). The van der Waals surface area contributed by atoms with Gasteiger partial charge in [-0.05, 0) is 52.8 Å². The number of Topliss-reactive ketones (excluding diaryl/α,β-unsaturated/α-hetero) is 1. The van der Waals surface area contributed by atoms with Crippen molar-refractivity contribution in [3.05, 3.63) is 56.4 Å². The van der Waals surface area contributed by atoms with E-state index in [4.69, 9.17) is 0 Å². The standard InChI is InChI=1S/C14H13BrFNOS/c1-17(8-10-2-4-11(16)5-3-10)9-12(18)13-6-7-14(15)19-13/h2-7H,8-9H2,1H3. The van der Waals surface area contributed by atoms with Crippen LogP contribution < -0.4 is 0 Å². The molecule has 0 atom stereocenters. The largest absolute Gasteiger partial charge is 0.295 e. The van der Waals surface area contributed by atoms with Crippen molar-refractivity contribution in [3.8, 4) is 0 Å². The van der Waals surface area contributed by atoms with Crippen molar-refractivity contribution in [2.45, 2.75) is 6.54 Å². The number of carbonyl (C=O) groups excluding carboxylic acids is 1. The van der Waals surface area contributed by atoms with Crippen LogP contribution >= 0.6 is 27.3 Å². The molecule has 0 spiro atoms. The lowest BCUT2D eigenvalue weighted by atomic mass is 10.2. The van der Waals surface area contributed by atoms with Gasteiger partial charge in [0.1, 0.15) is 5.82 Å². The first kappa shape index (κ1) is 14.4. The summed E-state index contributed by atoms with van der Waals surface area (Å²) in [5, 5.41) is 0. The quantitative estimate of drug-likeness (QED) is 0.767. The zero-order valence-electron chi connectivity index (χ0n) is 10.4. The summed E-state index contributed by atoms with van der Waals surface area (Å²) >= 11 is 4.78. The second-order valence-electron chi connectivity index (χ2n) is 4.33. The molecule has 0 saturated heterocycles. The summed E-state index contributed by atoms with van der Waals surface area (Å²) < 4.78 is 13.7. The van der Waals surface area contributed by atoms with Crippen molar-refractivity contribution < 1.29 is 9.18 Å². The Morgan fingerprint density at radius 1 is 1.26 bits per heavy atom. The molecule has 19 heavy (non-hydrogen) atoms. The number of nitrogens with zero attached hydrogens (tertiary/aromatic N) is 1. The molecular weight excluding hydrogens is 329 g/mol. The van der Waals surface area contributed by atoms with E-state index in [0.717, 1.165) is 14.2 Å². The average Bonchev–Trinajstić information content (AvgIpc) is 2.79. The van der Waals surface area contributed by atoms with Gasteiger partial charge in [0.25, 0.3) is 0 Å². The van der Waals surface area contributed by atoms with Crippen LogP contribution in [0.4, 0.5) is 4.39 Å². The van der Waals surface area contributed by atoms with E-state index in [1.165, 1.54) is 23.5 Å². The van der Waals surface area contributed by atoms with E-state index in [1.54, 1.807) is 12.1 Å². The van der Waals surface area contributed by atoms with Gasteiger partial charge in [0.15, 0.2) is 5.78 Å². The van der Waals surface area contributed by atoms with Crippen LogP contribution in [0.15, 0.2) is 40.2 Å². The summed E-state index contributed by atoms with van der Waals surface area (Å²) in [6.07, 6.45) is 0. The van der Waals surface area contributed by atoms with Crippen LogP contribution in [0.5, 0.6) is 0 Å². The van der Waals surface area contributed by atoms with Crippen molar-refractivity contribution >= 4 is 33.0 Å². The lowest BCUT2D eigenvalue weighted by Crippen LogP contribution is -2.25. The van der Waals surface area contributed by atoms with Crippen LogP contribution in [0.2, 0.25) is 0 Å². The van der Waals surface area contributed by atoms with Gasteiger partial charge < -0.3 is 0 Å². The van der Waals surface area contributed by atoms with Crippen molar-refractivity contribution in [2.75, 3.05) is 13.6 Å². The Morgan fingerprint density at radius 3 is 2.53 bits per heavy atom. The van der Waals surface area contributed by atoms with E-state index in [1.807, 2.05) is 24.1 Å². The molecule has 2 nitrogen and oxygen atoms in total. The van der Waals surface area contributed by atoms with Gasteiger partial charge in [-0.1, -0.05) is 12.1 Å². The summed E-state index contributed by atoms with van der Waals surface area (Å²) in [5.41, 5.74) is 0.990. The molecule has 0 amide bonds. The highest BCUT2D eigenvalue weighted by molar-refractivity contribution is 9.11. The number of rotatable bonds is 5. The molecule has 0 aliphatic carbocycles. The predicted molar refractivity (Wildman–Crippen MR) is 79.1 cm³/mol. The van der Waals surface area contributed by atoms with Gasteiger partial charge >= 0.3 is 0 Å². The van der Waals surface area contributed by atoms with Gasteiger partial charge in [-0.25, -0.2) is 4.39 Å². The molecule has 0 fully saturated rings. The van der Waals surface area contributed by atoms with Crippen molar-refractivity contribution in [1.82, 2.24) is 4.90 Å². The second-order valence-corrected chi connectivity index (χ2v) is 6.79. The highest BCUT2D eigenvalue weighted by atomic mass is 79.9. The highest BCUT2D eigenvalue weighted by Gasteiger charge is 2.11. The van der Waals surface area contributed by atoms with Gasteiger partial charge in [0, 0.05) is 6.54 Å². The minimum absolute atomic E-state index is 0.0975. The molecule has 0 bridgehead atoms. The first-order valence-electron chi connectivity index (χ1n) is 5.76. The first-order chi connectivity index (χ1) is 9.04. The molecule has 1 aromatic carbocycles. The zero-order valence-corrected chi connectivity index (χ0v) is 12.8. The van der Waals surface area contributed by atoms with Crippen LogP contribution in [0.25, 0.3) is 0 Å². The molecule has 0 N–H and O–H groups in total. The summed E-state index contributed by atoms with van der Waals surface area (Å²) in [4.78, 5) is 14.7. The number of thiophene rings is 1. The third-order valence-corrected chi connectivity index (χ3v) is 4.29. The Balaban J connectivity index is 1.92. The third kappa shape index (κ3) is 4.23. The molecule has 0 aliphatic heterocycles. The summed E-state index contributed by atoms with van der Waals surface area (Å²) in [6.45, 7) is 0.975. The van der Waals surface area contributed by atoms with Gasteiger partial charge in [-0.2, -0.15) is 0 Å². The summed E-state index contributed by atoms with van der Waals surface area (Å²) in [6, 6.07) is 10.0. The van der Waals surface area contributed by atoms with Crippen LogP contribution in [0.3, 0.4) is 0 Å². The van der Waals surface area contributed by atoms with Crippen molar-refractivity contribution in [2.24, 2.45) is 0 Å². The van der Waals surface area contributed by atoms with E-state index < -0.39 is 0 Å². The van der Waals surface area contributed by atoms with Gasteiger partial charge in [0.2, 0.25) is 0 Å². The molecule has 100 valence electrons. The predicted octanol–water partition coefficient (Wildman–Crippen LogP) is 3.96. The Kier molecular flexibility index (Phi) is 4.85. The van der Waals surface area contributed by atoms with E-state index in [2.05, 4.69) is 15.9 Å². The highest BCUT2D eigenvalue weighted by Crippen LogP contribution is 2.22. The van der Waals surface area contributed by atoms with Crippen LogP contribution in [-0.2, 0) is 6.54 Å². The summed E-state index contributed by atoms with van der Waals surface area (Å²) in [7, 11) is 1.88. The maximum atomic E-state index is 12.8. The average molecular weight is 342 g/mol. The first-order valence-corrected chi connectivity index (χ1v) is 7.37. The Morgan fingerprint density at radius 2 is 1.95 bits per heavy atom. The lowest BCUT2D eigenvalue weighted by Gasteiger charge is -2.15. The molecule has 2 aromatic rings. The topological polar surface area (TPSA) is 20.3 Å². The van der Waals surface area contributed by atoms with Gasteiger partial charge in [-0.3, -0.25) is 9.69 Å². The van der Waals surface area contributed by atoms with Gasteiger partial charge in [0.05, 0.1) is 15.2 Å². The Hall–Kier alpha value is -1.04. The normalized spacial score (nSPS) is 10.9. The monoisotopic (exact) mass is 341 g/mol. The van der Waals surface area contributed by atoms with E-state index in [9.17, 15) is 9.18 Å². The molecule has 0 aliphatic rings. The van der Waals surface area contributed by atoms with Crippen molar-refractivity contribution in [1.29, 1.82) is 0 Å². The van der Waals surface area contributed by atoms with E-state index >= 15 is 0 Å². The number of benzene rings is 1. The van der Waals surface area contributed by atoms with E-state index in [-0.39, 0.29) is 11.6 Å². The van der Waals surface area contributed by atoms with Crippen molar-refractivity contribution in [3.63, 3.8) is 0 Å². The number of halogens is 2. The molecule has 0 unspecified atom stereocenters. The third-order valence-electron chi connectivity index (χ3n) is 2.63. The van der Waals surface area contributed by atoms with E-state index in [0.29, 0.717) is 13.1 Å².